The van der Waals surface area contributed by atoms with Crippen molar-refractivity contribution in [1.82, 2.24) is 9.80 Å². The van der Waals surface area contributed by atoms with Crippen LogP contribution >= 0.6 is 0 Å². The van der Waals surface area contributed by atoms with Gasteiger partial charge in [0.25, 0.3) is 10.1 Å². The number of hydrogen-bond donors (Lipinski definition) is 2. The second kappa shape index (κ2) is 10.7. The number of amides is 1. The average molecular weight is 581 g/mol. The lowest BCUT2D eigenvalue weighted by Gasteiger charge is -2.35. The average Bonchev–Trinajstić information content (AvgIpc) is 3.24. The highest BCUT2D eigenvalue weighted by Gasteiger charge is 2.72. The largest absolute Gasteiger partial charge is 0.355 e. The Labute approximate surface area is 242 Å². The molecule has 2 aliphatic carbocycles. The minimum absolute atomic E-state index is 0.0267. The van der Waals surface area contributed by atoms with Crippen LogP contribution in [0.25, 0.3) is 5.70 Å². The minimum atomic E-state index is -4.40. The van der Waals surface area contributed by atoms with Gasteiger partial charge in [-0.15, -0.1) is 0 Å². The summed E-state index contributed by atoms with van der Waals surface area (Å²) < 4.78 is 34.6. The zero-order valence-corrected chi connectivity index (χ0v) is 25.2. The van der Waals surface area contributed by atoms with Gasteiger partial charge in [0.2, 0.25) is 5.91 Å². The Balaban J connectivity index is 1.42. The summed E-state index contributed by atoms with van der Waals surface area (Å²) in [6, 6.07) is 17.0. The molecule has 1 heterocycles. The zero-order chi connectivity index (χ0) is 29.7. The Kier molecular flexibility index (Phi) is 7.65. The number of carbonyl (C=O) groups is 2. The first kappa shape index (κ1) is 29.4. The van der Waals surface area contributed by atoms with Gasteiger partial charge in [0.05, 0.1) is 17.7 Å². The number of benzene rings is 2. The number of nitrogens with one attached hydrogen (secondary N) is 1. The Morgan fingerprint density at radius 2 is 1.63 bits per heavy atom. The van der Waals surface area contributed by atoms with E-state index in [1.807, 2.05) is 68.4 Å². The fourth-order valence-corrected chi connectivity index (χ4v) is 8.29. The number of allylic oxidation sites excluding steroid dienone is 1. The van der Waals surface area contributed by atoms with Gasteiger partial charge >= 0.3 is 0 Å². The van der Waals surface area contributed by atoms with Gasteiger partial charge in [0.1, 0.15) is 5.25 Å². The van der Waals surface area contributed by atoms with Crippen LogP contribution in [0.3, 0.4) is 0 Å². The van der Waals surface area contributed by atoms with Crippen LogP contribution in [0.2, 0.25) is 0 Å². The van der Waals surface area contributed by atoms with E-state index in [0.29, 0.717) is 17.8 Å². The van der Waals surface area contributed by atoms with Crippen LogP contribution in [-0.4, -0.2) is 86.5 Å². The number of hydrogen-bond acceptors (Lipinski definition) is 7. The van der Waals surface area contributed by atoms with Gasteiger partial charge in [-0.3, -0.25) is 19.0 Å². The maximum atomic E-state index is 14.0. The Morgan fingerprint density at radius 3 is 2.20 bits per heavy atom. The lowest BCUT2D eigenvalue weighted by atomic mass is 9.70. The van der Waals surface area contributed by atoms with Crippen LogP contribution in [0.4, 0.5) is 11.4 Å². The molecule has 3 atom stereocenters. The summed E-state index contributed by atoms with van der Waals surface area (Å²) in [5.41, 5.74) is 1.60. The second-order valence-corrected chi connectivity index (χ2v) is 14.0. The molecule has 41 heavy (non-hydrogen) atoms. The van der Waals surface area contributed by atoms with Crippen molar-refractivity contribution >= 4 is 38.9 Å². The van der Waals surface area contributed by atoms with Crippen molar-refractivity contribution < 1.29 is 22.6 Å². The quantitative estimate of drug-likeness (QED) is 0.378. The fourth-order valence-electron chi connectivity index (χ4n) is 6.84. The first-order valence-electron chi connectivity index (χ1n) is 14.1. The maximum Gasteiger partial charge on any atom is 0.268 e. The lowest BCUT2D eigenvalue weighted by Crippen LogP contribution is -2.48. The molecular weight excluding hydrogens is 540 g/mol. The molecule has 3 fully saturated rings. The third-order valence-electron chi connectivity index (χ3n) is 9.91. The van der Waals surface area contributed by atoms with E-state index in [1.165, 1.54) is 0 Å². The van der Waals surface area contributed by atoms with Gasteiger partial charge in [-0.25, -0.2) is 0 Å². The van der Waals surface area contributed by atoms with Crippen LogP contribution in [0.1, 0.15) is 32.8 Å². The summed E-state index contributed by atoms with van der Waals surface area (Å²) >= 11 is 0. The summed E-state index contributed by atoms with van der Waals surface area (Å²) in [7, 11) is -0.535. The van der Waals surface area contributed by atoms with Gasteiger partial charge in [0, 0.05) is 50.2 Å². The molecule has 0 aromatic heterocycles. The molecule has 10 heteroatoms. The first-order valence-corrected chi connectivity index (χ1v) is 15.6. The summed E-state index contributed by atoms with van der Waals surface area (Å²) in [5, 5.41) is 2.32. The number of anilines is 2. The molecule has 2 aromatic carbocycles. The molecule has 1 amide bonds. The van der Waals surface area contributed by atoms with Crippen molar-refractivity contribution in [2.75, 3.05) is 57.0 Å². The Morgan fingerprint density at radius 1 is 1.02 bits per heavy atom. The zero-order valence-electron chi connectivity index (χ0n) is 24.4. The Bertz CT molecular complexity index is 1460. The molecule has 5 rings (SSSR count). The molecule has 3 aliphatic rings. The van der Waals surface area contributed by atoms with Crippen LogP contribution in [0.15, 0.2) is 60.2 Å². The van der Waals surface area contributed by atoms with E-state index in [9.17, 15) is 22.6 Å². The highest BCUT2D eigenvalue weighted by atomic mass is 32.2. The molecule has 1 aliphatic heterocycles. The highest BCUT2D eigenvalue weighted by molar-refractivity contribution is 7.86. The standard InChI is InChI=1S/C31H40N4O5S/c1-30(2)24-19-25(41(38,39)40)31(30,3)29(37)27(24)28(21-9-7-6-8-10-21)32-22-11-13-23(14-12-22)34(5)26(36)20-35-17-15-33(4)16-18-35/h6-14,24-25,32H,15-20H2,1-5H3,(H,38,39,40)/b28-27-. The van der Waals surface area contributed by atoms with Crippen molar-refractivity contribution in [3.05, 3.63) is 65.7 Å². The normalized spacial score (nSPS) is 27.6. The summed E-state index contributed by atoms with van der Waals surface area (Å²) in [6.45, 7) is 9.52. The predicted octanol–water partition coefficient (Wildman–Crippen LogP) is 3.61. The van der Waals surface area contributed by atoms with E-state index < -0.39 is 26.2 Å². The van der Waals surface area contributed by atoms with E-state index in [4.69, 9.17) is 0 Å². The number of rotatable bonds is 7. The number of fused-ring (bicyclic) bond motifs is 2. The number of likely N-dealkylation sites (N-methyl/N-ethyl adjacent to an activating group) is 2. The molecule has 2 N–H and O–H groups in total. The van der Waals surface area contributed by atoms with E-state index in [-0.39, 0.29) is 24.0 Å². The number of ketones is 1. The minimum Gasteiger partial charge on any atom is -0.355 e. The second-order valence-electron chi connectivity index (χ2n) is 12.4. The summed E-state index contributed by atoms with van der Waals surface area (Å²) in [6.07, 6.45) is 0.181. The van der Waals surface area contributed by atoms with E-state index in [0.717, 1.165) is 43.1 Å². The van der Waals surface area contributed by atoms with Crippen molar-refractivity contribution in [2.45, 2.75) is 32.4 Å². The summed E-state index contributed by atoms with van der Waals surface area (Å²) in [4.78, 5) is 33.1. The molecule has 0 spiro atoms. The van der Waals surface area contributed by atoms with Crippen molar-refractivity contribution in [3.63, 3.8) is 0 Å². The molecule has 1 saturated heterocycles. The fraction of sp³-hybridized carbons (Fsp3) is 0.484. The number of piperazine rings is 1. The number of nitrogens with zero attached hydrogens (tertiary/aromatic N) is 3. The van der Waals surface area contributed by atoms with Crippen LogP contribution < -0.4 is 10.2 Å². The van der Waals surface area contributed by atoms with Gasteiger partial charge in [-0.1, -0.05) is 51.1 Å². The number of carbonyl (C=O) groups excluding carboxylic acids is 2. The third kappa shape index (κ3) is 5.11. The third-order valence-corrected chi connectivity index (χ3v) is 11.3. The van der Waals surface area contributed by atoms with Crippen LogP contribution in [-0.2, 0) is 19.7 Å². The van der Waals surface area contributed by atoms with Crippen molar-refractivity contribution in [2.24, 2.45) is 16.7 Å². The molecule has 2 saturated carbocycles. The van der Waals surface area contributed by atoms with Crippen LogP contribution in [0, 0.1) is 16.7 Å². The maximum absolute atomic E-state index is 14.0. The molecule has 9 nitrogen and oxygen atoms in total. The van der Waals surface area contributed by atoms with Gasteiger partial charge < -0.3 is 15.1 Å². The molecule has 3 unspecified atom stereocenters. The highest BCUT2D eigenvalue weighted by Crippen LogP contribution is 2.68. The SMILES string of the molecule is CN1CCN(CC(=O)N(C)c2ccc(N/C(=C3\C(=O)C4(C)C(S(=O)(=O)O)CC3C4(C)C)c3ccccc3)cc2)CC1. The molecular formula is C31H40N4O5S. The van der Waals surface area contributed by atoms with Gasteiger partial charge in [-0.2, -0.15) is 8.42 Å². The summed E-state index contributed by atoms with van der Waals surface area (Å²) in [5.74, 6) is -0.579. The van der Waals surface area contributed by atoms with Gasteiger partial charge in [0.15, 0.2) is 5.78 Å². The Hall–Kier alpha value is -3.05. The molecule has 2 bridgehead atoms. The first-order chi connectivity index (χ1) is 19.2. The smallest absolute Gasteiger partial charge is 0.268 e. The molecule has 220 valence electrons. The van der Waals surface area contributed by atoms with E-state index >= 15 is 0 Å². The predicted molar refractivity (Wildman–Crippen MR) is 161 cm³/mol. The lowest BCUT2D eigenvalue weighted by molar-refractivity contribution is -0.125. The molecule has 2 aromatic rings. The van der Waals surface area contributed by atoms with Crippen molar-refractivity contribution in [3.8, 4) is 0 Å². The molecule has 0 radical (unpaired) electrons. The van der Waals surface area contributed by atoms with E-state index in [1.54, 1.807) is 18.9 Å². The topological polar surface area (TPSA) is 110 Å². The van der Waals surface area contributed by atoms with Crippen molar-refractivity contribution in [1.29, 1.82) is 0 Å². The van der Waals surface area contributed by atoms with Crippen LogP contribution in [0.5, 0.6) is 0 Å². The monoisotopic (exact) mass is 580 g/mol. The number of Topliss-reactive ketones (excluding diaryl/α,β-unsaturated/α-hetero) is 1. The van der Waals surface area contributed by atoms with Gasteiger partial charge in [-0.05, 0) is 54.6 Å². The van der Waals surface area contributed by atoms with E-state index in [2.05, 4.69) is 22.2 Å².